The highest BCUT2D eigenvalue weighted by molar-refractivity contribution is 14.0. The summed E-state index contributed by atoms with van der Waals surface area (Å²) in [5, 5.41) is 6.76. The van der Waals surface area contributed by atoms with Crippen LogP contribution in [-0.2, 0) is 19.0 Å². The quantitative estimate of drug-likeness (QED) is 0.399. The van der Waals surface area contributed by atoms with Gasteiger partial charge in [-0.25, -0.2) is 0 Å². The molecule has 0 atom stereocenters. The van der Waals surface area contributed by atoms with Crippen molar-refractivity contribution in [1.29, 1.82) is 0 Å². The second-order valence-electron chi connectivity index (χ2n) is 6.58. The second kappa shape index (κ2) is 9.70. The topological polar surface area (TPSA) is 50.6 Å². The molecule has 1 aromatic carbocycles. The van der Waals surface area contributed by atoms with E-state index in [2.05, 4.69) is 53.9 Å². The number of aryl methyl sites for hydroxylation is 1. The fraction of sp³-hybridized carbons (Fsp3) is 0.421. The molecule has 1 aromatic heterocycles. The van der Waals surface area contributed by atoms with Gasteiger partial charge in [0.05, 0.1) is 7.11 Å². The Labute approximate surface area is 167 Å². The van der Waals surface area contributed by atoms with Gasteiger partial charge in [0, 0.05) is 45.0 Å². The predicted octanol–water partition coefficient (Wildman–Crippen LogP) is 3.29. The first-order valence-corrected chi connectivity index (χ1v) is 8.14. The summed E-state index contributed by atoms with van der Waals surface area (Å²) in [5.74, 6) is 1.68. The van der Waals surface area contributed by atoms with E-state index in [0.29, 0.717) is 0 Å². The zero-order chi connectivity index (χ0) is 17.6. The number of hydrogen-bond acceptors (Lipinski definition) is 2. The molecule has 0 amide bonds. The van der Waals surface area contributed by atoms with Gasteiger partial charge in [0.25, 0.3) is 0 Å². The van der Waals surface area contributed by atoms with Crippen LogP contribution in [0.4, 0.5) is 0 Å². The Balaban J connectivity index is 0.00000312. The summed E-state index contributed by atoms with van der Waals surface area (Å²) in [6, 6.07) is 10.3. The van der Waals surface area contributed by atoms with Crippen LogP contribution in [0.1, 0.15) is 25.0 Å². The normalized spacial score (nSPS) is 11.6. The lowest BCUT2D eigenvalue weighted by Gasteiger charge is -2.27. The van der Waals surface area contributed by atoms with Crippen LogP contribution in [0.5, 0.6) is 5.75 Å². The van der Waals surface area contributed by atoms with Crippen molar-refractivity contribution in [3.63, 3.8) is 0 Å². The summed E-state index contributed by atoms with van der Waals surface area (Å²) >= 11 is 0. The number of aliphatic imine (C=N–C) groups is 1. The van der Waals surface area contributed by atoms with Gasteiger partial charge in [-0.3, -0.25) is 4.99 Å². The van der Waals surface area contributed by atoms with Crippen molar-refractivity contribution in [3.05, 3.63) is 53.9 Å². The molecule has 0 radical (unpaired) electrons. The first kappa shape index (κ1) is 21.3. The molecular weight excluding hydrogens is 427 g/mol. The third kappa shape index (κ3) is 6.26. The van der Waals surface area contributed by atoms with E-state index in [-0.39, 0.29) is 29.4 Å². The lowest BCUT2D eigenvalue weighted by atomic mass is 9.84. The van der Waals surface area contributed by atoms with Crippen LogP contribution in [0.3, 0.4) is 0 Å². The van der Waals surface area contributed by atoms with E-state index in [1.807, 2.05) is 29.9 Å². The monoisotopic (exact) mass is 456 g/mol. The zero-order valence-electron chi connectivity index (χ0n) is 15.7. The molecule has 2 aromatic rings. The number of guanidine groups is 1. The standard InChI is InChI=1S/C19H28N4O.HI/c1-19(2,16-7-6-8-17(11-16)24-5)14-22-18(20-3)21-12-15-9-10-23(4)13-15;/h6-11,13H,12,14H2,1-5H3,(H2,20,21,22);1H. The van der Waals surface area contributed by atoms with Gasteiger partial charge in [-0.15, -0.1) is 24.0 Å². The van der Waals surface area contributed by atoms with Crippen molar-refractivity contribution in [2.24, 2.45) is 12.0 Å². The molecule has 25 heavy (non-hydrogen) atoms. The average Bonchev–Trinajstić information content (AvgIpc) is 3.00. The number of hydrogen-bond donors (Lipinski definition) is 2. The highest BCUT2D eigenvalue weighted by atomic mass is 127. The van der Waals surface area contributed by atoms with Crippen molar-refractivity contribution in [3.8, 4) is 5.75 Å². The fourth-order valence-electron chi connectivity index (χ4n) is 2.52. The first-order valence-electron chi connectivity index (χ1n) is 8.14. The van der Waals surface area contributed by atoms with Crippen LogP contribution >= 0.6 is 24.0 Å². The molecule has 0 aliphatic heterocycles. The summed E-state index contributed by atoms with van der Waals surface area (Å²) in [5.41, 5.74) is 2.42. The maximum absolute atomic E-state index is 5.33. The number of nitrogens with zero attached hydrogens (tertiary/aromatic N) is 2. The Morgan fingerprint density at radius 1 is 1.24 bits per heavy atom. The lowest BCUT2D eigenvalue weighted by Crippen LogP contribution is -2.43. The van der Waals surface area contributed by atoms with E-state index < -0.39 is 0 Å². The summed E-state index contributed by atoms with van der Waals surface area (Å²) < 4.78 is 7.37. The van der Waals surface area contributed by atoms with E-state index in [1.54, 1.807) is 14.2 Å². The molecule has 0 aliphatic carbocycles. The molecule has 0 fully saturated rings. The first-order chi connectivity index (χ1) is 11.4. The SMILES string of the molecule is CN=C(NCc1ccn(C)c1)NCC(C)(C)c1cccc(OC)c1.I. The largest absolute Gasteiger partial charge is 0.497 e. The van der Waals surface area contributed by atoms with Crippen LogP contribution in [0.2, 0.25) is 0 Å². The molecular formula is C19H29IN4O. The molecule has 0 saturated carbocycles. The second-order valence-corrected chi connectivity index (χ2v) is 6.58. The number of ether oxygens (including phenoxy) is 1. The molecule has 0 spiro atoms. The predicted molar refractivity (Wildman–Crippen MR) is 115 cm³/mol. The minimum atomic E-state index is -0.0428. The van der Waals surface area contributed by atoms with Crippen molar-refractivity contribution in [2.45, 2.75) is 25.8 Å². The van der Waals surface area contributed by atoms with E-state index in [9.17, 15) is 0 Å². The van der Waals surface area contributed by atoms with Gasteiger partial charge < -0.3 is 19.9 Å². The van der Waals surface area contributed by atoms with Gasteiger partial charge in [0.1, 0.15) is 5.75 Å². The Morgan fingerprint density at radius 2 is 2.00 bits per heavy atom. The number of rotatable bonds is 6. The molecule has 0 saturated heterocycles. The summed E-state index contributed by atoms with van der Waals surface area (Å²) in [6.45, 7) is 5.94. The van der Waals surface area contributed by atoms with Crippen molar-refractivity contribution in [1.82, 2.24) is 15.2 Å². The number of nitrogens with one attached hydrogen (secondary N) is 2. The van der Waals surface area contributed by atoms with Crippen LogP contribution in [0, 0.1) is 0 Å². The summed E-state index contributed by atoms with van der Waals surface area (Å²) in [6.07, 6.45) is 4.14. The van der Waals surface area contributed by atoms with Crippen LogP contribution in [0.15, 0.2) is 47.7 Å². The summed E-state index contributed by atoms with van der Waals surface area (Å²) in [7, 11) is 5.51. The van der Waals surface area contributed by atoms with Crippen molar-refractivity contribution >= 4 is 29.9 Å². The molecule has 138 valence electrons. The Hall–Kier alpha value is -1.70. The molecule has 1 heterocycles. The number of aromatic nitrogens is 1. The number of benzene rings is 1. The van der Waals surface area contributed by atoms with Gasteiger partial charge in [0.15, 0.2) is 5.96 Å². The maximum atomic E-state index is 5.33. The molecule has 6 heteroatoms. The molecule has 0 bridgehead atoms. The lowest BCUT2D eigenvalue weighted by molar-refractivity contribution is 0.411. The van der Waals surface area contributed by atoms with Gasteiger partial charge in [-0.2, -0.15) is 0 Å². The van der Waals surface area contributed by atoms with Crippen LogP contribution in [-0.4, -0.2) is 31.2 Å². The maximum Gasteiger partial charge on any atom is 0.191 e. The van der Waals surface area contributed by atoms with E-state index in [0.717, 1.165) is 24.8 Å². The molecule has 0 aliphatic rings. The van der Waals surface area contributed by atoms with Crippen molar-refractivity contribution < 1.29 is 4.74 Å². The Bertz CT molecular complexity index is 694. The van der Waals surface area contributed by atoms with Crippen LogP contribution in [0.25, 0.3) is 0 Å². The smallest absolute Gasteiger partial charge is 0.191 e. The van der Waals surface area contributed by atoms with Crippen LogP contribution < -0.4 is 15.4 Å². The van der Waals surface area contributed by atoms with Crippen molar-refractivity contribution in [2.75, 3.05) is 20.7 Å². The van der Waals surface area contributed by atoms with E-state index in [4.69, 9.17) is 4.74 Å². The van der Waals surface area contributed by atoms with Gasteiger partial charge >= 0.3 is 0 Å². The number of halogens is 1. The molecule has 5 nitrogen and oxygen atoms in total. The molecule has 0 unspecified atom stereocenters. The third-order valence-corrected chi connectivity index (χ3v) is 4.13. The Morgan fingerprint density at radius 3 is 2.60 bits per heavy atom. The van der Waals surface area contributed by atoms with Gasteiger partial charge in [0.2, 0.25) is 0 Å². The average molecular weight is 456 g/mol. The zero-order valence-corrected chi connectivity index (χ0v) is 18.0. The third-order valence-electron chi connectivity index (χ3n) is 4.13. The molecule has 2 rings (SSSR count). The highest BCUT2D eigenvalue weighted by Gasteiger charge is 2.21. The number of methoxy groups -OCH3 is 1. The minimum Gasteiger partial charge on any atom is -0.497 e. The summed E-state index contributed by atoms with van der Waals surface area (Å²) in [4.78, 5) is 4.30. The van der Waals surface area contributed by atoms with Gasteiger partial charge in [-0.1, -0.05) is 26.0 Å². The highest BCUT2D eigenvalue weighted by Crippen LogP contribution is 2.25. The van der Waals surface area contributed by atoms with E-state index >= 15 is 0 Å². The minimum absolute atomic E-state index is 0. The van der Waals surface area contributed by atoms with Gasteiger partial charge in [-0.05, 0) is 29.3 Å². The fourth-order valence-corrected chi connectivity index (χ4v) is 2.52. The molecule has 2 N–H and O–H groups in total. The van der Waals surface area contributed by atoms with E-state index in [1.165, 1.54) is 11.1 Å². The Kier molecular flexibility index (Phi) is 8.28.